The lowest BCUT2D eigenvalue weighted by Crippen LogP contribution is -3.00. The van der Waals surface area contributed by atoms with Crippen LogP contribution in [0.5, 0.6) is 0 Å². The van der Waals surface area contributed by atoms with Gasteiger partial charge in [0.1, 0.15) is 0 Å². The van der Waals surface area contributed by atoms with Gasteiger partial charge in [0.15, 0.2) is 0 Å². The molecule has 0 aromatic carbocycles. The number of quaternary nitrogens is 1. The van der Waals surface area contributed by atoms with Gasteiger partial charge in [-0.3, -0.25) is 0 Å². The highest BCUT2D eigenvalue weighted by atomic mass is 35.5. The molecule has 19 heavy (non-hydrogen) atoms. The Morgan fingerprint density at radius 2 is 1.11 bits per heavy atom. The zero-order chi connectivity index (χ0) is 13.7. The monoisotopic (exact) mass is 311 g/mol. The molecular formula is C16H35Cl2N. The summed E-state index contributed by atoms with van der Waals surface area (Å²) in [6.07, 6.45) is 12.2. The van der Waals surface area contributed by atoms with E-state index in [1.807, 2.05) is 0 Å². The van der Waals surface area contributed by atoms with Crippen molar-refractivity contribution in [3.8, 4) is 0 Å². The summed E-state index contributed by atoms with van der Waals surface area (Å²) in [7, 11) is 2.43. The largest absolute Gasteiger partial charge is 1.00 e. The number of nitrogens with zero attached hydrogens (tertiary/aromatic N) is 1. The van der Waals surface area contributed by atoms with Crippen molar-refractivity contribution in [2.24, 2.45) is 0 Å². The van der Waals surface area contributed by atoms with Gasteiger partial charge in [0, 0.05) is 12.3 Å². The van der Waals surface area contributed by atoms with Crippen molar-refractivity contribution >= 4 is 11.6 Å². The van der Waals surface area contributed by atoms with Crippen molar-refractivity contribution in [1.82, 2.24) is 0 Å². The number of hydrogen-bond donors (Lipinski definition) is 0. The second kappa shape index (κ2) is 14.9. The molecule has 1 nitrogen and oxygen atoms in total. The van der Waals surface area contributed by atoms with Gasteiger partial charge in [-0.15, -0.1) is 11.6 Å². The average molecular weight is 312 g/mol. The first kappa shape index (κ1) is 21.8. The third-order valence-corrected chi connectivity index (χ3v) is 4.20. The Balaban J connectivity index is 0. The van der Waals surface area contributed by atoms with Gasteiger partial charge in [-0.25, -0.2) is 0 Å². The van der Waals surface area contributed by atoms with E-state index in [9.17, 15) is 0 Å². The molecule has 0 radical (unpaired) electrons. The summed E-state index contributed by atoms with van der Waals surface area (Å²) in [6, 6.07) is 0. The van der Waals surface area contributed by atoms with Crippen LogP contribution in [0.4, 0.5) is 0 Å². The van der Waals surface area contributed by atoms with Gasteiger partial charge in [0.2, 0.25) is 0 Å². The SMILES string of the molecule is CCCCCCC[N+](C)(CCCCl)CCCCC.[Cl-]. The van der Waals surface area contributed by atoms with E-state index < -0.39 is 0 Å². The number of hydrogen-bond acceptors (Lipinski definition) is 0. The summed E-state index contributed by atoms with van der Waals surface area (Å²) in [5.74, 6) is 0.817. The third-order valence-electron chi connectivity index (χ3n) is 3.93. The van der Waals surface area contributed by atoms with Crippen LogP contribution < -0.4 is 12.4 Å². The molecule has 0 amide bonds. The van der Waals surface area contributed by atoms with Crippen LogP contribution in [0.25, 0.3) is 0 Å². The van der Waals surface area contributed by atoms with Crippen LogP contribution >= 0.6 is 11.6 Å². The van der Waals surface area contributed by atoms with Gasteiger partial charge in [0.25, 0.3) is 0 Å². The maximum atomic E-state index is 5.86. The molecule has 0 aromatic rings. The topological polar surface area (TPSA) is 0 Å². The Labute approximate surface area is 133 Å². The Hall–Kier alpha value is 0.540. The summed E-state index contributed by atoms with van der Waals surface area (Å²) in [6.45, 7) is 8.53. The fourth-order valence-electron chi connectivity index (χ4n) is 2.62. The summed E-state index contributed by atoms with van der Waals surface area (Å²) >= 11 is 5.86. The molecule has 0 aliphatic heterocycles. The molecule has 3 heteroatoms. The first-order chi connectivity index (χ1) is 8.68. The number of halogens is 2. The summed E-state index contributed by atoms with van der Waals surface area (Å²) in [5, 5.41) is 0. The molecule has 0 rings (SSSR count). The van der Waals surface area contributed by atoms with Crippen LogP contribution in [0.1, 0.15) is 71.6 Å². The molecule has 0 N–H and O–H groups in total. The van der Waals surface area contributed by atoms with Gasteiger partial charge >= 0.3 is 0 Å². The highest BCUT2D eigenvalue weighted by Gasteiger charge is 2.19. The first-order valence-corrected chi connectivity index (χ1v) is 8.61. The van der Waals surface area contributed by atoms with Crippen LogP contribution in [0.2, 0.25) is 0 Å². The van der Waals surface area contributed by atoms with E-state index in [2.05, 4.69) is 20.9 Å². The molecule has 118 valence electrons. The van der Waals surface area contributed by atoms with E-state index in [1.165, 1.54) is 81.9 Å². The van der Waals surface area contributed by atoms with Crippen LogP contribution in [0.15, 0.2) is 0 Å². The van der Waals surface area contributed by atoms with Crippen molar-refractivity contribution < 1.29 is 16.9 Å². The maximum absolute atomic E-state index is 5.86. The molecule has 1 unspecified atom stereocenters. The Morgan fingerprint density at radius 3 is 1.63 bits per heavy atom. The number of rotatable bonds is 13. The van der Waals surface area contributed by atoms with Crippen molar-refractivity contribution in [2.75, 3.05) is 32.6 Å². The molecular weight excluding hydrogens is 277 g/mol. The van der Waals surface area contributed by atoms with Gasteiger partial charge < -0.3 is 16.9 Å². The van der Waals surface area contributed by atoms with Crippen molar-refractivity contribution in [2.45, 2.75) is 71.6 Å². The summed E-state index contributed by atoms with van der Waals surface area (Å²) in [4.78, 5) is 0. The standard InChI is InChI=1S/C16H35ClN.ClH/c1-4-6-8-9-11-15-18(3,16-12-13-17)14-10-7-5-2;/h4-16H2,1-3H3;1H/q+1;/p-1. The van der Waals surface area contributed by atoms with E-state index in [4.69, 9.17) is 11.6 Å². The van der Waals surface area contributed by atoms with Crippen LogP contribution in [0.3, 0.4) is 0 Å². The van der Waals surface area contributed by atoms with Crippen LogP contribution in [-0.2, 0) is 0 Å². The lowest BCUT2D eigenvalue weighted by atomic mass is 10.1. The van der Waals surface area contributed by atoms with Gasteiger partial charge in [-0.2, -0.15) is 0 Å². The van der Waals surface area contributed by atoms with Gasteiger partial charge in [0.05, 0.1) is 26.7 Å². The van der Waals surface area contributed by atoms with Crippen molar-refractivity contribution in [3.63, 3.8) is 0 Å². The number of alkyl halides is 1. The first-order valence-electron chi connectivity index (χ1n) is 8.08. The molecule has 1 atom stereocenters. The molecule has 0 saturated heterocycles. The molecule has 0 saturated carbocycles. The van der Waals surface area contributed by atoms with Crippen molar-refractivity contribution in [1.29, 1.82) is 0 Å². The fourth-order valence-corrected chi connectivity index (χ4v) is 2.74. The molecule has 0 aliphatic carbocycles. The summed E-state index contributed by atoms with van der Waals surface area (Å²) in [5.41, 5.74) is 0. The highest BCUT2D eigenvalue weighted by Crippen LogP contribution is 2.13. The van der Waals surface area contributed by atoms with E-state index in [0.29, 0.717) is 0 Å². The predicted octanol–water partition coefficient (Wildman–Crippen LogP) is 2.23. The van der Waals surface area contributed by atoms with E-state index >= 15 is 0 Å². The van der Waals surface area contributed by atoms with Gasteiger partial charge in [-0.05, 0) is 25.7 Å². The lowest BCUT2D eigenvalue weighted by molar-refractivity contribution is -0.910. The highest BCUT2D eigenvalue weighted by molar-refractivity contribution is 6.17. The molecule has 0 aromatic heterocycles. The minimum absolute atomic E-state index is 0. The normalized spacial score (nSPS) is 13.9. The van der Waals surface area contributed by atoms with E-state index in [-0.39, 0.29) is 12.4 Å². The fraction of sp³-hybridized carbons (Fsp3) is 1.00. The quantitative estimate of drug-likeness (QED) is 0.278. The smallest absolute Gasteiger partial charge is 0.0796 e. The predicted molar refractivity (Wildman–Crippen MR) is 84.4 cm³/mol. The molecule has 0 bridgehead atoms. The second-order valence-electron chi connectivity index (χ2n) is 5.95. The molecule has 0 aliphatic rings. The second-order valence-corrected chi connectivity index (χ2v) is 6.33. The third kappa shape index (κ3) is 13.3. The molecule has 0 heterocycles. The maximum Gasteiger partial charge on any atom is 0.0796 e. The Bertz CT molecular complexity index is 176. The van der Waals surface area contributed by atoms with Crippen LogP contribution in [-0.4, -0.2) is 37.0 Å². The average Bonchev–Trinajstić information content (AvgIpc) is 2.37. The Morgan fingerprint density at radius 1 is 0.684 bits per heavy atom. The molecule has 0 fully saturated rings. The molecule has 0 spiro atoms. The number of unbranched alkanes of at least 4 members (excludes halogenated alkanes) is 6. The van der Waals surface area contributed by atoms with Crippen LogP contribution in [0, 0.1) is 0 Å². The van der Waals surface area contributed by atoms with E-state index in [0.717, 1.165) is 5.88 Å². The van der Waals surface area contributed by atoms with E-state index in [1.54, 1.807) is 0 Å². The zero-order valence-electron chi connectivity index (χ0n) is 13.4. The Kier molecular flexibility index (Phi) is 17.2. The zero-order valence-corrected chi connectivity index (χ0v) is 14.9. The van der Waals surface area contributed by atoms with Crippen molar-refractivity contribution in [3.05, 3.63) is 0 Å². The van der Waals surface area contributed by atoms with Gasteiger partial charge in [-0.1, -0.05) is 39.5 Å². The minimum Gasteiger partial charge on any atom is -1.00 e. The summed E-state index contributed by atoms with van der Waals surface area (Å²) < 4.78 is 1.25. The minimum atomic E-state index is 0. The lowest BCUT2D eigenvalue weighted by Gasteiger charge is -2.35.